The molecule has 3 aliphatic heterocycles. The van der Waals surface area contributed by atoms with Crippen LogP contribution in [0.4, 0.5) is 0 Å². The van der Waals surface area contributed by atoms with E-state index >= 15 is 0 Å². The molecule has 2 aliphatic carbocycles. The lowest BCUT2D eigenvalue weighted by Crippen LogP contribution is -2.87. The highest BCUT2D eigenvalue weighted by molar-refractivity contribution is 5.37. The fourth-order valence-corrected chi connectivity index (χ4v) is 8.12. The van der Waals surface area contributed by atoms with Gasteiger partial charge in [-0.15, -0.1) is 0 Å². The summed E-state index contributed by atoms with van der Waals surface area (Å²) >= 11 is 0. The van der Waals surface area contributed by atoms with E-state index in [-0.39, 0.29) is 20.2 Å². The Morgan fingerprint density at radius 3 is 2.08 bits per heavy atom. The molecule has 5 aliphatic rings. The zero-order valence-corrected chi connectivity index (χ0v) is 22.9. The van der Waals surface area contributed by atoms with Crippen LogP contribution < -0.4 is 0 Å². The standard InChI is InChI=1S/C25H42O12/c1-20(2)33-15-13-17(32-12-30-8)25(37-22(13,5)10-31-11-29-7)23(6)18(34-21(3,4)36-23)14(27)16(28)24(25,9-26)19(15)35-20/h13-19,26-28H,9-12H2,1-8H3/t13-,14-,15-,16+,17-,18+,19-,22+,23+,24+,25+/m1/s1. The van der Waals surface area contributed by atoms with Crippen LogP contribution in [-0.4, -0.2) is 121 Å². The zero-order valence-electron chi connectivity index (χ0n) is 22.9. The van der Waals surface area contributed by atoms with E-state index in [4.69, 9.17) is 42.6 Å². The molecule has 3 saturated heterocycles. The molecule has 0 aromatic carbocycles. The third kappa shape index (κ3) is 3.45. The van der Waals surface area contributed by atoms with E-state index in [1.807, 2.05) is 6.92 Å². The summed E-state index contributed by atoms with van der Waals surface area (Å²) in [5.74, 6) is -2.71. The van der Waals surface area contributed by atoms with Crippen LogP contribution in [0, 0.1) is 11.3 Å². The van der Waals surface area contributed by atoms with Gasteiger partial charge in [-0.25, -0.2) is 0 Å². The second kappa shape index (κ2) is 8.76. The minimum Gasteiger partial charge on any atom is -0.395 e. The number of methoxy groups -OCH3 is 2. The van der Waals surface area contributed by atoms with Gasteiger partial charge in [0, 0.05) is 20.1 Å². The highest BCUT2D eigenvalue weighted by Gasteiger charge is 2.91. The van der Waals surface area contributed by atoms with E-state index in [0.717, 1.165) is 0 Å². The van der Waals surface area contributed by atoms with Crippen molar-refractivity contribution in [2.75, 3.05) is 41.0 Å². The summed E-state index contributed by atoms with van der Waals surface area (Å²) in [4.78, 5) is 0. The van der Waals surface area contributed by atoms with Gasteiger partial charge < -0.3 is 58.0 Å². The van der Waals surface area contributed by atoms with Crippen molar-refractivity contribution < 1.29 is 58.0 Å². The molecular weight excluding hydrogens is 492 g/mol. The van der Waals surface area contributed by atoms with Gasteiger partial charge in [0.2, 0.25) is 0 Å². The van der Waals surface area contributed by atoms with E-state index in [9.17, 15) is 15.3 Å². The maximum atomic E-state index is 11.9. The lowest BCUT2D eigenvalue weighted by Gasteiger charge is -2.66. The first-order chi connectivity index (χ1) is 17.2. The number of aliphatic hydroxyl groups excluding tert-OH is 3. The lowest BCUT2D eigenvalue weighted by molar-refractivity contribution is -0.374. The van der Waals surface area contributed by atoms with Gasteiger partial charge in [-0.2, -0.15) is 0 Å². The molecule has 11 atom stereocenters. The van der Waals surface area contributed by atoms with Crippen molar-refractivity contribution in [3.05, 3.63) is 0 Å². The van der Waals surface area contributed by atoms with Crippen molar-refractivity contribution in [3.8, 4) is 0 Å². The predicted molar refractivity (Wildman–Crippen MR) is 124 cm³/mol. The molecule has 3 heterocycles. The van der Waals surface area contributed by atoms with Crippen LogP contribution in [0.3, 0.4) is 0 Å². The van der Waals surface area contributed by atoms with Crippen LogP contribution in [-0.2, 0) is 42.6 Å². The van der Waals surface area contributed by atoms with Gasteiger partial charge in [-0.3, -0.25) is 0 Å². The third-order valence-electron chi connectivity index (χ3n) is 9.04. The van der Waals surface area contributed by atoms with Gasteiger partial charge in [-0.1, -0.05) is 0 Å². The van der Waals surface area contributed by atoms with E-state index < -0.39 is 82.9 Å². The minimum atomic E-state index is -1.65. The van der Waals surface area contributed by atoms with E-state index in [0.29, 0.717) is 0 Å². The molecule has 0 radical (unpaired) electrons. The highest BCUT2D eigenvalue weighted by atomic mass is 16.8. The van der Waals surface area contributed by atoms with E-state index in [1.54, 1.807) is 34.6 Å². The van der Waals surface area contributed by atoms with Crippen LogP contribution in [0.15, 0.2) is 0 Å². The quantitative estimate of drug-likeness (QED) is 0.283. The van der Waals surface area contributed by atoms with Crippen LogP contribution in [0.1, 0.15) is 41.5 Å². The molecule has 12 heteroatoms. The first-order valence-electron chi connectivity index (χ1n) is 12.8. The van der Waals surface area contributed by atoms with E-state index in [1.165, 1.54) is 14.2 Å². The second-order valence-corrected chi connectivity index (χ2v) is 12.2. The fraction of sp³-hybridized carbons (Fsp3) is 1.00. The first-order valence-corrected chi connectivity index (χ1v) is 12.8. The Morgan fingerprint density at radius 1 is 0.811 bits per heavy atom. The SMILES string of the molecule is COCOC[C@]1(C)O[C@]23[C@H](OCOC)[C@H]1[C@H]1OC(C)(C)O[C@H]1[C@]2(CO)[C@@H](O)[C@@H](O)[C@@H]1OC(C)(C)O[C@@]13C. The predicted octanol–water partition coefficient (Wildman–Crippen LogP) is -0.102. The van der Waals surface area contributed by atoms with Gasteiger partial charge >= 0.3 is 0 Å². The molecule has 37 heavy (non-hydrogen) atoms. The number of ether oxygens (including phenoxy) is 9. The molecule has 0 aromatic rings. The molecule has 214 valence electrons. The number of hydrogen-bond donors (Lipinski definition) is 3. The molecule has 5 fully saturated rings. The van der Waals surface area contributed by atoms with Gasteiger partial charge in [-0.05, 0) is 41.5 Å². The molecule has 1 spiro atoms. The largest absolute Gasteiger partial charge is 0.395 e. The monoisotopic (exact) mass is 534 g/mol. The summed E-state index contributed by atoms with van der Waals surface area (Å²) in [5.41, 5.74) is -5.72. The average molecular weight is 535 g/mol. The summed E-state index contributed by atoms with van der Waals surface area (Å²) in [6.07, 6.45) is -6.43. The summed E-state index contributed by atoms with van der Waals surface area (Å²) in [6.45, 7) is 10.0. The first kappa shape index (κ1) is 28.1. The Kier molecular flexibility index (Phi) is 6.64. The normalized spacial score (nSPS) is 53.1. The molecule has 0 aromatic heterocycles. The maximum Gasteiger partial charge on any atom is 0.164 e. The van der Waals surface area contributed by atoms with Gasteiger partial charge in [0.15, 0.2) is 11.6 Å². The molecule has 2 saturated carbocycles. The Morgan fingerprint density at radius 2 is 1.46 bits per heavy atom. The van der Waals surface area contributed by atoms with Crippen molar-refractivity contribution in [2.45, 2.75) is 107 Å². The van der Waals surface area contributed by atoms with Crippen molar-refractivity contribution in [2.24, 2.45) is 11.3 Å². The molecule has 5 rings (SSSR count). The number of hydrogen-bond acceptors (Lipinski definition) is 12. The molecule has 0 unspecified atom stereocenters. The average Bonchev–Trinajstić information content (AvgIpc) is 3.35. The minimum absolute atomic E-state index is 0.0260. The smallest absolute Gasteiger partial charge is 0.164 e. The van der Waals surface area contributed by atoms with Crippen LogP contribution in [0.2, 0.25) is 0 Å². The number of fused-ring (bicyclic) bond motifs is 5. The van der Waals surface area contributed by atoms with Gasteiger partial charge in [0.1, 0.15) is 49.2 Å². The second-order valence-electron chi connectivity index (χ2n) is 12.2. The fourth-order valence-electron chi connectivity index (χ4n) is 8.12. The topological polar surface area (TPSA) is 144 Å². The molecule has 3 N–H and O–H groups in total. The van der Waals surface area contributed by atoms with Crippen LogP contribution in [0.25, 0.3) is 0 Å². The van der Waals surface area contributed by atoms with Gasteiger partial charge in [0.25, 0.3) is 0 Å². The van der Waals surface area contributed by atoms with Crippen LogP contribution in [0.5, 0.6) is 0 Å². The van der Waals surface area contributed by atoms with Crippen molar-refractivity contribution >= 4 is 0 Å². The zero-order chi connectivity index (χ0) is 27.2. The Labute approximate surface area is 217 Å². The Bertz CT molecular complexity index is 884. The van der Waals surface area contributed by atoms with Crippen molar-refractivity contribution in [1.29, 1.82) is 0 Å². The summed E-state index contributed by atoms with van der Waals surface area (Å²) in [7, 11) is 3.03. The van der Waals surface area contributed by atoms with Crippen LogP contribution >= 0.6 is 0 Å². The van der Waals surface area contributed by atoms with Crippen molar-refractivity contribution in [3.63, 3.8) is 0 Å². The molecule has 2 bridgehead atoms. The summed E-state index contributed by atoms with van der Waals surface area (Å²) < 4.78 is 55.4. The lowest BCUT2D eigenvalue weighted by atomic mass is 9.45. The summed E-state index contributed by atoms with van der Waals surface area (Å²) in [6, 6.07) is 0. The Hall–Kier alpha value is -0.480. The molecular formula is C25H42O12. The van der Waals surface area contributed by atoms with Crippen molar-refractivity contribution in [1.82, 2.24) is 0 Å². The van der Waals surface area contributed by atoms with E-state index in [2.05, 4.69) is 0 Å². The highest BCUT2D eigenvalue weighted by Crippen LogP contribution is 2.72. The number of rotatable bonds is 8. The van der Waals surface area contributed by atoms with Gasteiger partial charge in [0.05, 0.1) is 36.4 Å². The molecule has 0 amide bonds. The summed E-state index contributed by atoms with van der Waals surface area (Å²) in [5, 5.41) is 34.7. The molecule has 12 nitrogen and oxygen atoms in total. The third-order valence-corrected chi connectivity index (χ3v) is 9.04. The number of aliphatic hydroxyl groups is 3. The maximum absolute atomic E-state index is 11.9. The Balaban J connectivity index is 1.79.